The van der Waals surface area contributed by atoms with Crippen LogP contribution in [0.3, 0.4) is 0 Å². The Morgan fingerprint density at radius 1 is 1.26 bits per heavy atom. The Balaban J connectivity index is 2.54. The maximum absolute atomic E-state index is 11.8. The van der Waals surface area contributed by atoms with Crippen LogP contribution in [0.5, 0.6) is 0 Å². The second-order valence-electron chi connectivity index (χ2n) is 7.23. The Bertz CT molecular complexity index is 524. The van der Waals surface area contributed by atoms with E-state index in [-0.39, 0.29) is 6.09 Å². The first-order valence-corrected chi connectivity index (χ1v) is 9.13. The van der Waals surface area contributed by atoms with Crippen LogP contribution in [0.4, 0.5) is 10.5 Å². The van der Waals surface area contributed by atoms with E-state index in [0.717, 1.165) is 12.2 Å². The number of rotatable bonds is 6. The molecule has 0 bridgehead atoms. The highest BCUT2D eigenvalue weighted by molar-refractivity contribution is 14.1. The van der Waals surface area contributed by atoms with Crippen molar-refractivity contribution in [3.05, 3.63) is 27.3 Å². The molecule has 2 N–H and O–H groups in total. The van der Waals surface area contributed by atoms with Crippen molar-refractivity contribution in [1.29, 1.82) is 0 Å². The molecule has 0 aliphatic carbocycles. The van der Waals surface area contributed by atoms with Gasteiger partial charge in [0.15, 0.2) is 0 Å². The first kappa shape index (κ1) is 20.1. The molecule has 1 amide bonds. The minimum absolute atomic E-state index is 0.334. The molecule has 0 radical (unpaired) electrons. The summed E-state index contributed by atoms with van der Waals surface area (Å²) in [5.74, 6) is 0.794. The van der Waals surface area contributed by atoms with Crippen molar-refractivity contribution in [2.75, 3.05) is 18.4 Å². The first-order valence-electron chi connectivity index (χ1n) is 8.05. The summed E-state index contributed by atoms with van der Waals surface area (Å²) in [6, 6.07) is 6.36. The Morgan fingerprint density at radius 2 is 1.91 bits per heavy atom. The first-order chi connectivity index (χ1) is 10.6. The number of carbonyl (C=O) groups excluding carboxylic acids is 1. The molecule has 1 aromatic rings. The molecule has 1 aromatic carbocycles. The van der Waals surface area contributed by atoms with E-state index in [2.05, 4.69) is 72.2 Å². The van der Waals surface area contributed by atoms with Gasteiger partial charge in [-0.05, 0) is 85.9 Å². The fourth-order valence-electron chi connectivity index (χ4n) is 2.14. The zero-order chi connectivity index (χ0) is 17.6. The van der Waals surface area contributed by atoms with E-state index in [4.69, 9.17) is 4.74 Å². The van der Waals surface area contributed by atoms with Crippen LogP contribution in [0.15, 0.2) is 18.2 Å². The largest absolute Gasteiger partial charge is 0.444 e. The van der Waals surface area contributed by atoms with Gasteiger partial charge in [-0.3, -0.25) is 0 Å². The lowest BCUT2D eigenvalue weighted by Crippen LogP contribution is -2.38. The summed E-state index contributed by atoms with van der Waals surface area (Å²) in [5.41, 5.74) is 1.92. The number of carbonyl (C=O) groups is 1. The van der Waals surface area contributed by atoms with Crippen LogP contribution in [-0.2, 0) is 4.74 Å². The maximum atomic E-state index is 11.8. The third-order valence-electron chi connectivity index (χ3n) is 3.59. The quantitative estimate of drug-likeness (QED) is 0.635. The van der Waals surface area contributed by atoms with Crippen LogP contribution in [0.2, 0.25) is 0 Å². The van der Waals surface area contributed by atoms with Crippen LogP contribution < -0.4 is 10.6 Å². The molecule has 0 saturated carbocycles. The van der Waals surface area contributed by atoms with Gasteiger partial charge < -0.3 is 15.4 Å². The van der Waals surface area contributed by atoms with Gasteiger partial charge in [-0.1, -0.05) is 13.8 Å². The lowest BCUT2D eigenvalue weighted by molar-refractivity contribution is 0.0516. The van der Waals surface area contributed by atoms with E-state index < -0.39 is 5.60 Å². The molecule has 0 heterocycles. The van der Waals surface area contributed by atoms with Crippen LogP contribution >= 0.6 is 22.6 Å². The number of hydrogen-bond donors (Lipinski definition) is 2. The maximum Gasteiger partial charge on any atom is 0.407 e. The minimum atomic E-state index is -0.464. The molecule has 0 aliphatic heterocycles. The van der Waals surface area contributed by atoms with Gasteiger partial charge in [-0.15, -0.1) is 0 Å². The molecule has 5 heteroatoms. The summed E-state index contributed by atoms with van der Waals surface area (Å²) in [6.07, 6.45) is -0.353. The highest BCUT2D eigenvalue weighted by Crippen LogP contribution is 2.19. The molecule has 4 nitrogen and oxygen atoms in total. The molecule has 1 atom stereocenters. The van der Waals surface area contributed by atoms with Crippen LogP contribution in [0.25, 0.3) is 0 Å². The highest BCUT2D eigenvalue weighted by Gasteiger charge is 2.19. The molecule has 23 heavy (non-hydrogen) atoms. The summed E-state index contributed by atoms with van der Waals surface area (Å²) < 4.78 is 6.53. The summed E-state index contributed by atoms with van der Waals surface area (Å²) in [4.78, 5) is 11.8. The molecule has 130 valence electrons. The average molecular weight is 432 g/mol. The van der Waals surface area contributed by atoms with Crippen LogP contribution in [0.1, 0.15) is 40.2 Å². The fraction of sp³-hybridized carbons (Fsp3) is 0.611. The van der Waals surface area contributed by atoms with Gasteiger partial charge in [-0.2, -0.15) is 0 Å². The summed E-state index contributed by atoms with van der Waals surface area (Å²) in [5, 5.41) is 6.38. The van der Waals surface area contributed by atoms with Gasteiger partial charge in [0.1, 0.15) is 5.60 Å². The second-order valence-corrected chi connectivity index (χ2v) is 8.47. The van der Waals surface area contributed by atoms with E-state index in [0.29, 0.717) is 18.4 Å². The van der Waals surface area contributed by atoms with E-state index in [1.807, 2.05) is 20.8 Å². The van der Waals surface area contributed by atoms with Gasteiger partial charge in [0.25, 0.3) is 0 Å². The van der Waals surface area contributed by atoms with Gasteiger partial charge in [0.2, 0.25) is 0 Å². The summed E-state index contributed by atoms with van der Waals surface area (Å²) in [6.45, 7) is 13.5. The van der Waals surface area contributed by atoms with Crippen molar-refractivity contribution in [2.45, 2.75) is 47.1 Å². The van der Waals surface area contributed by atoms with Crippen molar-refractivity contribution >= 4 is 34.4 Å². The van der Waals surface area contributed by atoms with Crippen molar-refractivity contribution in [1.82, 2.24) is 5.32 Å². The standard InChI is InChI=1S/C18H29IN2O2/c1-12(2)14(11-21-17(22)23-18(4,5)6)10-20-16-8-7-15(19)9-13(16)3/h7-9,12,14,20H,10-11H2,1-6H3,(H,21,22). The number of nitrogens with one attached hydrogen (secondary N) is 2. The van der Waals surface area contributed by atoms with E-state index in [9.17, 15) is 4.79 Å². The zero-order valence-electron chi connectivity index (χ0n) is 15.0. The van der Waals surface area contributed by atoms with Gasteiger partial charge in [0, 0.05) is 22.3 Å². The molecule has 1 rings (SSSR count). The SMILES string of the molecule is Cc1cc(I)ccc1NCC(CNC(=O)OC(C)(C)C)C(C)C. The summed E-state index contributed by atoms with van der Waals surface area (Å²) in [7, 11) is 0. The normalized spacial score (nSPS) is 12.9. The minimum Gasteiger partial charge on any atom is -0.444 e. The van der Waals surface area contributed by atoms with Crippen molar-refractivity contribution in [2.24, 2.45) is 11.8 Å². The number of aryl methyl sites for hydroxylation is 1. The van der Waals surface area contributed by atoms with Crippen LogP contribution in [0, 0.1) is 22.3 Å². The molecule has 0 fully saturated rings. The number of ether oxygens (including phenoxy) is 1. The molecular weight excluding hydrogens is 403 g/mol. The lowest BCUT2D eigenvalue weighted by Gasteiger charge is -2.25. The smallest absolute Gasteiger partial charge is 0.407 e. The van der Waals surface area contributed by atoms with Crippen molar-refractivity contribution in [3.8, 4) is 0 Å². The number of halogens is 1. The third-order valence-corrected chi connectivity index (χ3v) is 4.26. The average Bonchev–Trinajstić information content (AvgIpc) is 2.38. The molecule has 0 saturated heterocycles. The Hall–Kier alpha value is -0.980. The molecule has 0 spiro atoms. The summed E-state index contributed by atoms with van der Waals surface area (Å²) >= 11 is 2.32. The Labute approximate surface area is 153 Å². The second kappa shape index (κ2) is 8.76. The van der Waals surface area contributed by atoms with E-state index in [1.165, 1.54) is 9.13 Å². The van der Waals surface area contributed by atoms with Gasteiger partial charge in [-0.25, -0.2) is 4.79 Å². The molecule has 0 aliphatic rings. The van der Waals surface area contributed by atoms with Crippen LogP contribution in [-0.4, -0.2) is 24.8 Å². The Morgan fingerprint density at radius 3 is 2.43 bits per heavy atom. The topological polar surface area (TPSA) is 50.4 Å². The monoisotopic (exact) mass is 432 g/mol. The van der Waals surface area contributed by atoms with Crippen molar-refractivity contribution in [3.63, 3.8) is 0 Å². The predicted molar refractivity (Wildman–Crippen MR) is 105 cm³/mol. The Kier molecular flexibility index (Phi) is 7.64. The van der Waals surface area contributed by atoms with E-state index >= 15 is 0 Å². The number of anilines is 1. The highest BCUT2D eigenvalue weighted by atomic mass is 127. The molecular formula is C18H29IN2O2. The van der Waals surface area contributed by atoms with Gasteiger partial charge in [0.05, 0.1) is 0 Å². The number of alkyl carbamates (subject to hydrolysis) is 1. The van der Waals surface area contributed by atoms with E-state index in [1.54, 1.807) is 0 Å². The predicted octanol–water partition coefficient (Wildman–Crippen LogP) is 4.81. The lowest BCUT2D eigenvalue weighted by atomic mass is 9.95. The molecule has 0 aromatic heterocycles. The number of amides is 1. The van der Waals surface area contributed by atoms with Gasteiger partial charge >= 0.3 is 6.09 Å². The zero-order valence-corrected chi connectivity index (χ0v) is 17.2. The number of hydrogen-bond acceptors (Lipinski definition) is 3. The third kappa shape index (κ3) is 7.90. The number of benzene rings is 1. The molecule has 1 unspecified atom stereocenters. The van der Waals surface area contributed by atoms with Crippen molar-refractivity contribution < 1.29 is 9.53 Å². The fourth-order valence-corrected chi connectivity index (χ4v) is 2.79.